The van der Waals surface area contributed by atoms with Crippen LogP contribution in [0.3, 0.4) is 0 Å². The van der Waals surface area contributed by atoms with E-state index in [1.54, 1.807) is 19.3 Å². The first-order valence-corrected chi connectivity index (χ1v) is 11.8. The van der Waals surface area contributed by atoms with E-state index in [1.807, 2.05) is 59.5 Å². The highest BCUT2D eigenvalue weighted by Gasteiger charge is 2.24. The summed E-state index contributed by atoms with van der Waals surface area (Å²) < 4.78 is 10.8. The zero-order chi connectivity index (χ0) is 25.3. The molecule has 1 aliphatic heterocycles. The van der Waals surface area contributed by atoms with Gasteiger partial charge >= 0.3 is 0 Å². The molecule has 0 atom stereocenters. The minimum absolute atomic E-state index is 0.0149. The van der Waals surface area contributed by atoms with Crippen molar-refractivity contribution in [3.63, 3.8) is 0 Å². The molecule has 2 heterocycles. The quantitative estimate of drug-likeness (QED) is 0.309. The summed E-state index contributed by atoms with van der Waals surface area (Å²) >= 11 is 0. The first-order valence-electron chi connectivity index (χ1n) is 11.8. The highest BCUT2D eigenvalue weighted by molar-refractivity contribution is 6.16. The summed E-state index contributed by atoms with van der Waals surface area (Å²) in [5, 5.41) is 12.2. The number of nitrogens with zero attached hydrogens (tertiary/aromatic N) is 3. The third-order valence-electron chi connectivity index (χ3n) is 5.92. The maximum Gasteiger partial charge on any atom is 0.246 e. The number of carbonyl (C=O) groups excluding carboxylic acids is 1. The predicted octanol–water partition coefficient (Wildman–Crippen LogP) is 3.87. The minimum atomic E-state index is -0.0149. The molecule has 4 N–H and O–H groups in total. The molecular formula is C27H30N6O3. The number of carbonyl (C=O) groups is 1. The number of nitrogen functional groups attached to an aromatic ring is 1. The van der Waals surface area contributed by atoms with Crippen molar-refractivity contribution in [3.8, 4) is 11.5 Å². The molecule has 4 rings (SSSR count). The Balaban J connectivity index is 1.42. The fourth-order valence-corrected chi connectivity index (χ4v) is 4.00. The summed E-state index contributed by atoms with van der Waals surface area (Å²) in [5.41, 5.74) is 7.53. The van der Waals surface area contributed by atoms with Gasteiger partial charge in [0.05, 0.1) is 17.9 Å². The topological polar surface area (TPSA) is 126 Å². The summed E-state index contributed by atoms with van der Waals surface area (Å²) in [5.74, 6) is 2.15. The van der Waals surface area contributed by atoms with Gasteiger partial charge in [-0.3, -0.25) is 10.2 Å². The van der Waals surface area contributed by atoms with E-state index in [1.165, 1.54) is 6.33 Å². The van der Waals surface area contributed by atoms with Crippen LogP contribution in [0.5, 0.6) is 11.5 Å². The normalized spacial score (nSPS) is 14.1. The fourth-order valence-electron chi connectivity index (χ4n) is 4.00. The molecule has 1 fully saturated rings. The lowest BCUT2D eigenvalue weighted by Crippen LogP contribution is -2.42. The Bertz CT molecular complexity index is 1210. The van der Waals surface area contributed by atoms with Crippen LogP contribution in [0.15, 0.2) is 73.1 Å². The van der Waals surface area contributed by atoms with Crippen molar-refractivity contribution >= 4 is 23.3 Å². The molecule has 1 aromatic heterocycles. The van der Waals surface area contributed by atoms with Gasteiger partial charge in [0, 0.05) is 37.9 Å². The van der Waals surface area contributed by atoms with Gasteiger partial charge in [-0.05, 0) is 49.2 Å². The molecule has 0 spiro atoms. The van der Waals surface area contributed by atoms with Gasteiger partial charge in [-0.25, -0.2) is 9.97 Å². The highest BCUT2D eigenvalue weighted by Crippen LogP contribution is 2.26. The second kappa shape index (κ2) is 11.9. The van der Waals surface area contributed by atoms with Crippen LogP contribution < -0.4 is 15.8 Å². The Morgan fingerprint density at radius 3 is 2.50 bits per heavy atom. The molecule has 1 saturated heterocycles. The summed E-state index contributed by atoms with van der Waals surface area (Å²) in [4.78, 5) is 22.6. The Hall–Kier alpha value is -4.24. The molecule has 1 amide bonds. The number of hydrogen-bond donors (Lipinski definition) is 3. The minimum Gasteiger partial charge on any atom is -0.457 e. The van der Waals surface area contributed by atoms with E-state index in [-0.39, 0.29) is 23.5 Å². The van der Waals surface area contributed by atoms with Gasteiger partial charge in [-0.1, -0.05) is 24.3 Å². The lowest BCUT2D eigenvalue weighted by atomic mass is 10.0. The molecule has 9 nitrogen and oxygen atoms in total. The summed E-state index contributed by atoms with van der Waals surface area (Å²) in [6.07, 6.45) is 6.18. The molecule has 1 aliphatic rings. The molecule has 0 aliphatic carbocycles. The monoisotopic (exact) mass is 486 g/mol. The van der Waals surface area contributed by atoms with Crippen LogP contribution in [0.4, 0.5) is 11.6 Å². The van der Waals surface area contributed by atoms with Crippen molar-refractivity contribution in [2.24, 2.45) is 0 Å². The fraction of sp³-hybridized carbons (Fsp3) is 0.259. The van der Waals surface area contributed by atoms with Crippen LogP contribution in [-0.2, 0) is 9.53 Å². The first kappa shape index (κ1) is 24.9. The summed E-state index contributed by atoms with van der Waals surface area (Å²) in [6.45, 7) is 1.67. The van der Waals surface area contributed by atoms with Gasteiger partial charge in [0.15, 0.2) is 0 Å². The molecular weight excluding hydrogens is 456 g/mol. The van der Waals surface area contributed by atoms with Crippen LogP contribution in [0.25, 0.3) is 0 Å². The number of anilines is 2. The Morgan fingerprint density at radius 2 is 1.81 bits per heavy atom. The molecule has 0 saturated carbocycles. The molecule has 3 aromatic rings. The molecule has 0 radical (unpaired) electrons. The summed E-state index contributed by atoms with van der Waals surface area (Å²) in [7, 11) is 1.59. The van der Waals surface area contributed by atoms with Crippen LogP contribution in [0.2, 0.25) is 0 Å². The standard InChI is InChI=1S/C27H30N6O3/c1-35-17-5-8-23(34)33-15-13-20(14-16-33)32-27-24(26(29)30-18-31-27)25(28)19-9-11-22(12-10-19)36-21-6-3-2-4-7-21/h2-12,18,20,28H,13-17H2,1H3,(H3,29,30,31,32). The largest absolute Gasteiger partial charge is 0.457 e. The summed E-state index contributed by atoms with van der Waals surface area (Å²) in [6, 6.07) is 16.9. The zero-order valence-corrected chi connectivity index (χ0v) is 20.2. The van der Waals surface area contributed by atoms with Crippen molar-refractivity contribution in [3.05, 3.63) is 84.2 Å². The van der Waals surface area contributed by atoms with Crippen molar-refractivity contribution in [1.82, 2.24) is 14.9 Å². The van der Waals surface area contributed by atoms with Crippen molar-refractivity contribution in [2.75, 3.05) is 37.9 Å². The van der Waals surface area contributed by atoms with Crippen LogP contribution in [0.1, 0.15) is 24.0 Å². The smallest absolute Gasteiger partial charge is 0.246 e. The lowest BCUT2D eigenvalue weighted by Gasteiger charge is -2.32. The average Bonchev–Trinajstić information content (AvgIpc) is 2.90. The van der Waals surface area contributed by atoms with E-state index in [4.69, 9.17) is 20.6 Å². The van der Waals surface area contributed by atoms with Crippen LogP contribution >= 0.6 is 0 Å². The maximum absolute atomic E-state index is 12.3. The number of likely N-dealkylation sites (tertiary alicyclic amines) is 1. The molecule has 0 unspecified atom stereocenters. The van der Waals surface area contributed by atoms with Gasteiger partial charge in [0.25, 0.3) is 0 Å². The van der Waals surface area contributed by atoms with Crippen molar-refractivity contribution < 1.29 is 14.3 Å². The predicted molar refractivity (Wildman–Crippen MR) is 140 cm³/mol. The second-order valence-electron chi connectivity index (χ2n) is 8.40. The third kappa shape index (κ3) is 6.25. The number of para-hydroxylation sites is 1. The number of ether oxygens (including phenoxy) is 2. The van der Waals surface area contributed by atoms with Crippen molar-refractivity contribution in [1.29, 1.82) is 5.41 Å². The number of benzene rings is 2. The van der Waals surface area contributed by atoms with Gasteiger partial charge in [-0.15, -0.1) is 0 Å². The second-order valence-corrected chi connectivity index (χ2v) is 8.40. The first-order chi connectivity index (χ1) is 17.5. The van der Waals surface area contributed by atoms with E-state index in [2.05, 4.69) is 15.3 Å². The lowest BCUT2D eigenvalue weighted by molar-refractivity contribution is -0.126. The Kier molecular flexibility index (Phi) is 8.25. The van der Waals surface area contributed by atoms with Gasteiger partial charge in [0.1, 0.15) is 29.5 Å². The number of hydrogen-bond acceptors (Lipinski definition) is 8. The number of aromatic nitrogens is 2. The van der Waals surface area contributed by atoms with Gasteiger partial charge in [0.2, 0.25) is 5.91 Å². The van der Waals surface area contributed by atoms with Crippen LogP contribution in [-0.4, -0.2) is 59.3 Å². The number of nitrogens with one attached hydrogen (secondary N) is 2. The third-order valence-corrected chi connectivity index (χ3v) is 5.92. The zero-order valence-electron chi connectivity index (χ0n) is 20.2. The van der Waals surface area contributed by atoms with E-state index >= 15 is 0 Å². The number of amides is 1. The SMILES string of the molecule is COCC=CC(=O)N1CCC(Nc2ncnc(N)c2C(=N)c2ccc(Oc3ccccc3)cc2)CC1. The molecule has 2 aromatic carbocycles. The average molecular weight is 487 g/mol. The van der Waals surface area contributed by atoms with Crippen molar-refractivity contribution in [2.45, 2.75) is 18.9 Å². The number of methoxy groups -OCH3 is 1. The van der Waals surface area contributed by atoms with E-state index in [0.717, 1.165) is 18.6 Å². The number of rotatable bonds is 9. The molecule has 186 valence electrons. The maximum atomic E-state index is 12.3. The molecule has 0 bridgehead atoms. The Morgan fingerprint density at radius 1 is 1.11 bits per heavy atom. The van der Waals surface area contributed by atoms with Crippen LogP contribution in [0, 0.1) is 5.41 Å². The van der Waals surface area contributed by atoms with E-state index in [0.29, 0.717) is 42.4 Å². The highest BCUT2D eigenvalue weighted by atomic mass is 16.5. The Labute approximate surface area is 210 Å². The van der Waals surface area contributed by atoms with E-state index < -0.39 is 0 Å². The number of piperidine rings is 1. The number of nitrogens with two attached hydrogens (primary N) is 1. The van der Waals surface area contributed by atoms with Gasteiger partial charge in [-0.2, -0.15) is 0 Å². The van der Waals surface area contributed by atoms with E-state index in [9.17, 15) is 4.79 Å². The van der Waals surface area contributed by atoms with Gasteiger partial charge < -0.3 is 25.4 Å². The molecule has 9 heteroatoms. The molecule has 36 heavy (non-hydrogen) atoms.